The van der Waals surface area contributed by atoms with Crippen molar-refractivity contribution in [3.8, 4) is 0 Å². The summed E-state index contributed by atoms with van der Waals surface area (Å²) in [6.45, 7) is 2.30. The van der Waals surface area contributed by atoms with E-state index >= 15 is 0 Å². The lowest BCUT2D eigenvalue weighted by molar-refractivity contribution is -0.138. The molecule has 1 heterocycles. The molecule has 0 aliphatic heterocycles. The Hall–Kier alpha value is -2.28. The van der Waals surface area contributed by atoms with Crippen LogP contribution in [-0.2, 0) is 11.5 Å². The Labute approximate surface area is 109 Å². The van der Waals surface area contributed by atoms with Gasteiger partial charge in [-0.15, -0.1) is 5.10 Å². The number of carbonyl (C=O) groups is 1. The fourth-order valence-electron chi connectivity index (χ4n) is 1.76. The number of aliphatic carboxylic acids is 1. The molecule has 100 valence electrons. The van der Waals surface area contributed by atoms with Crippen molar-refractivity contribution in [3.63, 3.8) is 0 Å². The molecule has 7 nitrogen and oxygen atoms in total. The van der Waals surface area contributed by atoms with Crippen molar-refractivity contribution in [2.75, 3.05) is 13.1 Å². The van der Waals surface area contributed by atoms with Crippen molar-refractivity contribution in [3.05, 3.63) is 34.6 Å². The molecule has 0 saturated carbocycles. The Kier molecular flexibility index (Phi) is 3.86. The minimum atomic E-state index is -0.941. The highest BCUT2D eigenvalue weighted by atomic mass is 16.4. The summed E-state index contributed by atoms with van der Waals surface area (Å²) in [5.41, 5.74) is 0.263. The SMILES string of the molecule is CCN(CC(=O)O)Cn1nnc2ccccc2c1=O. The molecule has 0 aliphatic rings. The van der Waals surface area contributed by atoms with Crippen molar-refractivity contribution in [1.82, 2.24) is 19.9 Å². The van der Waals surface area contributed by atoms with Crippen LogP contribution in [0.5, 0.6) is 0 Å². The minimum Gasteiger partial charge on any atom is -0.480 e. The molecule has 0 bridgehead atoms. The molecule has 0 unspecified atom stereocenters. The minimum absolute atomic E-state index is 0.111. The fourth-order valence-corrected chi connectivity index (χ4v) is 1.76. The quantitative estimate of drug-likeness (QED) is 0.825. The van der Waals surface area contributed by atoms with Crippen molar-refractivity contribution in [1.29, 1.82) is 0 Å². The van der Waals surface area contributed by atoms with Gasteiger partial charge < -0.3 is 5.11 Å². The van der Waals surface area contributed by atoms with Gasteiger partial charge in [-0.25, -0.2) is 0 Å². The highest BCUT2D eigenvalue weighted by Crippen LogP contribution is 2.03. The molecule has 1 aromatic carbocycles. The van der Waals surface area contributed by atoms with Crippen LogP contribution in [0.1, 0.15) is 6.92 Å². The third-order valence-corrected chi connectivity index (χ3v) is 2.77. The zero-order valence-corrected chi connectivity index (χ0v) is 10.5. The molecule has 0 fully saturated rings. The van der Waals surface area contributed by atoms with Crippen LogP contribution in [0.15, 0.2) is 29.1 Å². The van der Waals surface area contributed by atoms with E-state index < -0.39 is 5.97 Å². The largest absolute Gasteiger partial charge is 0.480 e. The molecule has 0 amide bonds. The zero-order valence-electron chi connectivity index (χ0n) is 10.5. The predicted octanol–water partition coefficient (Wildman–Crippen LogP) is 0.155. The number of benzene rings is 1. The molecular formula is C12H14N4O3. The molecule has 0 aliphatic carbocycles. The van der Waals surface area contributed by atoms with Crippen molar-refractivity contribution < 1.29 is 9.90 Å². The van der Waals surface area contributed by atoms with Crippen LogP contribution in [0, 0.1) is 0 Å². The molecule has 2 aromatic rings. The standard InChI is InChI=1S/C12H14N4O3/c1-2-15(7-11(17)18)8-16-12(19)9-5-3-4-6-10(9)13-14-16/h3-6H,2,7-8H2,1H3,(H,17,18). The second-order valence-corrected chi connectivity index (χ2v) is 4.09. The Bertz CT molecular complexity index is 653. The van der Waals surface area contributed by atoms with E-state index in [9.17, 15) is 9.59 Å². The van der Waals surface area contributed by atoms with Crippen LogP contribution in [0.25, 0.3) is 10.9 Å². The molecule has 0 radical (unpaired) electrons. The van der Waals surface area contributed by atoms with Gasteiger partial charge in [0.2, 0.25) is 0 Å². The fraction of sp³-hybridized carbons (Fsp3) is 0.333. The summed E-state index contributed by atoms with van der Waals surface area (Å²) in [6, 6.07) is 6.92. The summed E-state index contributed by atoms with van der Waals surface area (Å²) in [5.74, 6) is -0.941. The first-order chi connectivity index (χ1) is 9.11. The molecule has 0 atom stereocenters. The first-order valence-electron chi connectivity index (χ1n) is 5.88. The van der Waals surface area contributed by atoms with E-state index in [4.69, 9.17) is 5.11 Å². The van der Waals surface area contributed by atoms with Crippen molar-refractivity contribution in [2.45, 2.75) is 13.6 Å². The second-order valence-electron chi connectivity index (χ2n) is 4.09. The van der Waals surface area contributed by atoms with Crippen molar-refractivity contribution >= 4 is 16.9 Å². The highest BCUT2D eigenvalue weighted by molar-refractivity contribution is 5.76. The summed E-state index contributed by atoms with van der Waals surface area (Å²) in [4.78, 5) is 24.4. The van der Waals surface area contributed by atoms with E-state index in [1.54, 1.807) is 29.2 Å². The lowest BCUT2D eigenvalue weighted by Crippen LogP contribution is -2.37. The van der Waals surface area contributed by atoms with Crippen molar-refractivity contribution in [2.24, 2.45) is 0 Å². The van der Waals surface area contributed by atoms with E-state index in [1.165, 1.54) is 4.68 Å². The van der Waals surface area contributed by atoms with E-state index in [0.717, 1.165) is 0 Å². The van der Waals surface area contributed by atoms with E-state index in [-0.39, 0.29) is 18.8 Å². The van der Waals surface area contributed by atoms with E-state index in [0.29, 0.717) is 17.4 Å². The van der Waals surface area contributed by atoms with Gasteiger partial charge in [-0.3, -0.25) is 14.5 Å². The number of fused-ring (bicyclic) bond motifs is 1. The number of carboxylic acids is 1. The zero-order chi connectivity index (χ0) is 13.8. The van der Waals surface area contributed by atoms with E-state index in [1.807, 2.05) is 6.92 Å². The summed E-state index contributed by atoms with van der Waals surface area (Å²) in [6.07, 6.45) is 0. The van der Waals surface area contributed by atoms with E-state index in [2.05, 4.69) is 10.3 Å². The van der Waals surface area contributed by atoms with Crippen LogP contribution in [-0.4, -0.2) is 44.1 Å². The summed E-state index contributed by atoms with van der Waals surface area (Å²) < 4.78 is 1.18. The number of aromatic nitrogens is 3. The first kappa shape index (κ1) is 13.2. The summed E-state index contributed by atoms with van der Waals surface area (Å²) >= 11 is 0. The van der Waals surface area contributed by atoms with Gasteiger partial charge in [0, 0.05) is 0 Å². The molecule has 0 spiro atoms. The normalized spacial score (nSPS) is 11.1. The van der Waals surface area contributed by atoms with Crippen LogP contribution >= 0.6 is 0 Å². The number of rotatable bonds is 5. The van der Waals surface area contributed by atoms with Crippen LogP contribution in [0.3, 0.4) is 0 Å². The lowest BCUT2D eigenvalue weighted by atomic mass is 10.2. The Morgan fingerprint density at radius 2 is 2.16 bits per heavy atom. The van der Waals surface area contributed by atoms with Crippen LogP contribution in [0.4, 0.5) is 0 Å². The van der Waals surface area contributed by atoms with Gasteiger partial charge in [-0.2, -0.15) is 4.68 Å². The van der Waals surface area contributed by atoms with Gasteiger partial charge in [0.05, 0.1) is 18.6 Å². The van der Waals surface area contributed by atoms with Gasteiger partial charge in [0.1, 0.15) is 5.52 Å². The molecule has 1 aromatic heterocycles. The predicted molar refractivity (Wildman–Crippen MR) is 68.7 cm³/mol. The molecule has 2 rings (SSSR count). The second kappa shape index (κ2) is 5.57. The maximum Gasteiger partial charge on any atom is 0.317 e. The van der Waals surface area contributed by atoms with Gasteiger partial charge >= 0.3 is 5.97 Å². The Morgan fingerprint density at radius 3 is 2.84 bits per heavy atom. The molecular weight excluding hydrogens is 248 g/mol. The first-order valence-corrected chi connectivity index (χ1v) is 5.88. The number of hydrogen-bond donors (Lipinski definition) is 1. The summed E-state index contributed by atoms with van der Waals surface area (Å²) in [5, 5.41) is 17.0. The van der Waals surface area contributed by atoms with Gasteiger partial charge in [0.25, 0.3) is 5.56 Å². The van der Waals surface area contributed by atoms with Crippen LogP contribution < -0.4 is 5.56 Å². The Morgan fingerprint density at radius 1 is 1.42 bits per heavy atom. The monoisotopic (exact) mass is 262 g/mol. The Balaban J connectivity index is 2.32. The maximum atomic E-state index is 12.2. The van der Waals surface area contributed by atoms with Gasteiger partial charge in [0.15, 0.2) is 0 Å². The smallest absolute Gasteiger partial charge is 0.317 e. The maximum absolute atomic E-state index is 12.2. The highest BCUT2D eigenvalue weighted by Gasteiger charge is 2.11. The van der Waals surface area contributed by atoms with Crippen LogP contribution in [0.2, 0.25) is 0 Å². The average molecular weight is 262 g/mol. The van der Waals surface area contributed by atoms with Gasteiger partial charge in [-0.05, 0) is 18.7 Å². The third-order valence-electron chi connectivity index (χ3n) is 2.77. The molecule has 19 heavy (non-hydrogen) atoms. The number of hydrogen-bond acceptors (Lipinski definition) is 5. The number of likely N-dealkylation sites (N-methyl/N-ethyl adjacent to an activating group) is 1. The molecule has 0 saturated heterocycles. The number of nitrogens with zero attached hydrogens (tertiary/aromatic N) is 4. The molecule has 7 heteroatoms. The summed E-state index contributed by atoms with van der Waals surface area (Å²) in [7, 11) is 0. The average Bonchev–Trinajstić information content (AvgIpc) is 2.40. The molecule has 1 N–H and O–H groups in total. The third kappa shape index (κ3) is 2.94. The lowest BCUT2D eigenvalue weighted by Gasteiger charge is -2.17. The number of carboxylic acid groups (broad SMARTS) is 1. The topological polar surface area (TPSA) is 88.3 Å². The van der Waals surface area contributed by atoms with Gasteiger partial charge in [-0.1, -0.05) is 24.3 Å².